The summed E-state index contributed by atoms with van der Waals surface area (Å²) in [7, 11) is 1.97. The van der Waals surface area contributed by atoms with Crippen LogP contribution in [0.4, 0.5) is 0 Å². The summed E-state index contributed by atoms with van der Waals surface area (Å²) in [6.07, 6.45) is 1.99. The van der Waals surface area contributed by atoms with Gasteiger partial charge in [0.1, 0.15) is 0 Å². The van der Waals surface area contributed by atoms with E-state index >= 15 is 0 Å². The van der Waals surface area contributed by atoms with Crippen LogP contribution in [-0.2, 0) is 0 Å². The summed E-state index contributed by atoms with van der Waals surface area (Å²) in [6, 6.07) is 5.90. The van der Waals surface area contributed by atoms with Crippen LogP contribution in [0.2, 0.25) is 5.02 Å². The van der Waals surface area contributed by atoms with Crippen LogP contribution in [0, 0.1) is 0 Å². The van der Waals surface area contributed by atoms with Crippen molar-refractivity contribution in [3.63, 3.8) is 0 Å². The Morgan fingerprint density at radius 3 is 2.72 bits per heavy atom. The second kappa shape index (κ2) is 6.04. The van der Waals surface area contributed by atoms with Gasteiger partial charge in [-0.05, 0) is 38.1 Å². The van der Waals surface area contributed by atoms with E-state index in [1.807, 2.05) is 18.0 Å². The average molecular weight is 332 g/mol. The first-order valence-corrected chi connectivity index (χ1v) is 7.20. The van der Waals surface area contributed by atoms with Crippen molar-refractivity contribution in [2.45, 2.75) is 18.9 Å². The summed E-state index contributed by atoms with van der Waals surface area (Å²) >= 11 is 9.46. The van der Waals surface area contributed by atoms with Gasteiger partial charge in [-0.3, -0.25) is 4.79 Å². The van der Waals surface area contributed by atoms with Crippen LogP contribution < -0.4 is 5.32 Å². The maximum Gasteiger partial charge on any atom is 0.255 e. The van der Waals surface area contributed by atoms with E-state index < -0.39 is 0 Å². The normalized spacial score (nSPS) is 16.9. The number of hydrogen-bond donors (Lipinski definition) is 1. The Hall–Kier alpha value is -0.580. The van der Waals surface area contributed by atoms with E-state index in [0.29, 0.717) is 16.6 Å². The molecule has 0 spiro atoms. The van der Waals surface area contributed by atoms with Crippen molar-refractivity contribution in [1.82, 2.24) is 10.2 Å². The molecular weight excluding hydrogens is 316 g/mol. The Morgan fingerprint density at radius 2 is 2.11 bits per heavy atom. The Labute approximate surface area is 121 Å². The molecule has 0 saturated carbocycles. The topological polar surface area (TPSA) is 32.3 Å². The smallest absolute Gasteiger partial charge is 0.255 e. The van der Waals surface area contributed by atoms with Crippen LogP contribution in [0.3, 0.4) is 0 Å². The van der Waals surface area contributed by atoms with Crippen LogP contribution in [0.5, 0.6) is 0 Å². The summed E-state index contributed by atoms with van der Waals surface area (Å²) in [5.74, 6) is 0.0239. The van der Waals surface area contributed by atoms with Crippen LogP contribution in [0.1, 0.15) is 23.2 Å². The Morgan fingerprint density at radius 1 is 1.44 bits per heavy atom. The zero-order chi connectivity index (χ0) is 13.1. The molecule has 3 nitrogen and oxygen atoms in total. The molecule has 0 unspecified atom stereocenters. The Kier molecular flexibility index (Phi) is 4.65. The van der Waals surface area contributed by atoms with Crippen LogP contribution in [-0.4, -0.2) is 37.0 Å². The molecule has 0 bridgehead atoms. The number of nitrogens with zero attached hydrogens (tertiary/aromatic N) is 1. The fourth-order valence-corrected chi connectivity index (χ4v) is 2.76. The highest BCUT2D eigenvalue weighted by Gasteiger charge is 2.24. The summed E-state index contributed by atoms with van der Waals surface area (Å²) < 4.78 is 0.875. The molecule has 0 radical (unpaired) electrons. The third-order valence-corrected chi connectivity index (χ3v) is 4.17. The lowest BCUT2D eigenvalue weighted by molar-refractivity contribution is 0.0707. The molecule has 1 aliphatic rings. The molecule has 0 atom stereocenters. The first-order valence-electron chi connectivity index (χ1n) is 6.03. The molecule has 5 heteroatoms. The minimum Gasteiger partial charge on any atom is -0.338 e. The van der Waals surface area contributed by atoms with Gasteiger partial charge < -0.3 is 10.2 Å². The number of halogens is 2. The fraction of sp³-hybridized carbons (Fsp3) is 0.462. The summed E-state index contributed by atoms with van der Waals surface area (Å²) in [5, 5.41) is 3.77. The predicted octanol–water partition coefficient (Wildman–Crippen LogP) is 2.93. The first kappa shape index (κ1) is 13.8. The molecule has 2 rings (SSSR count). The van der Waals surface area contributed by atoms with Crippen LogP contribution in [0.15, 0.2) is 22.7 Å². The lowest BCUT2D eigenvalue weighted by Crippen LogP contribution is -2.44. The zero-order valence-corrected chi connectivity index (χ0v) is 12.6. The van der Waals surface area contributed by atoms with Crippen molar-refractivity contribution in [2.24, 2.45) is 0 Å². The van der Waals surface area contributed by atoms with Gasteiger partial charge in [-0.2, -0.15) is 0 Å². The monoisotopic (exact) mass is 330 g/mol. The first-order chi connectivity index (χ1) is 8.61. The average Bonchev–Trinajstić information content (AvgIpc) is 2.41. The Balaban J connectivity index is 2.10. The number of piperidine rings is 1. The fourth-order valence-electron chi connectivity index (χ4n) is 2.20. The lowest BCUT2D eigenvalue weighted by atomic mass is 10.0. The molecule has 1 aromatic rings. The van der Waals surface area contributed by atoms with E-state index in [4.69, 9.17) is 11.6 Å². The highest BCUT2D eigenvalue weighted by molar-refractivity contribution is 9.10. The quantitative estimate of drug-likeness (QED) is 0.904. The van der Waals surface area contributed by atoms with E-state index in [9.17, 15) is 4.79 Å². The number of rotatable bonds is 2. The van der Waals surface area contributed by atoms with Crippen molar-refractivity contribution < 1.29 is 4.79 Å². The zero-order valence-electron chi connectivity index (χ0n) is 10.2. The number of nitrogens with one attached hydrogen (secondary N) is 1. The van der Waals surface area contributed by atoms with Gasteiger partial charge in [0.2, 0.25) is 0 Å². The second-order valence-corrected chi connectivity index (χ2v) is 5.80. The van der Waals surface area contributed by atoms with E-state index in [-0.39, 0.29) is 5.91 Å². The molecule has 18 heavy (non-hydrogen) atoms. The van der Waals surface area contributed by atoms with Gasteiger partial charge in [0.05, 0.1) is 10.6 Å². The predicted molar refractivity (Wildman–Crippen MR) is 77.1 cm³/mol. The van der Waals surface area contributed by atoms with Gasteiger partial charge in [-0.1, -0.05) is 27.5 Å². The largest absolute Gasteiger partial charge is 0.338 e. The summed E-state index contributed by atoms with van der Waals surface area (Å²) in [4.78, 5) is 14.2. The highest BCUT2D eigenvalue weighted by atomic mass is 79.9. The van der Waals surface area contributed by atoms with Gasteiger partial charge in [-0.25, -0.2) is 0 Å². The van der Waals surface area contributed by atoms with Gasteiger partial charge in [0.25, 0.3) is 5.91 Å². The number of carbonyl (C=O) groups excluding carboxylic acids is 1. The van der Waals surface area contributed by atoms with Gasteiger partial charge in [0.15, 0.2) is 0 Å². The molecule has 1 N–H and O–H groups in total. The van der Waals surface area contributed by atoms with E-state index in [1.165, 1.54) is 0 Å². The van der Waals surface area contributed by atoms with Crippen molar-refractivity contribution in [3.8, 4) is 0 Å². The second-order valence-electron chi connectivity index (χ2n) is 4.48. The van der Waals surface area contributed by atoms with Crippen LogP contribution in [0.25, 0.3) is 0 Å². The van der Waals surface area contributed by atoms with Gasteiger partial charge in [0, 0.05) is 23.6 Å². The SMILES string of the molecule is CNC1CCN(C(=O)c2cc(Br)ccc2Cl)CC1. The third-order valence-electron chi connectivity index (χ3n) is 3.35. The summed E-state index contributed by atoms with van der Waals surface area (Å²) in [6.45, 7) is 1.57. The minimum absolute atomic E-state index is 0.0239. The maximum atomic E-state index is 12.4. The number of hydrogen-bond acceptors (Lipinski definition) is 2. The molecule has 0 aromatic heterocycles. The molecule has 0 aliphatic carbocycles. The molecule has 1 aliphatic heterocycles. The number of amides is 1. The van der Waals surface area contributed by atoms with Crippen molar-refractivity contribution in [2.75, 3.05) is 20.1 Å². The van der Waals surface area contributed by atoms with E-state index in [0.717, 1.165) is 30.4 Å². The minimum atomic E-state index is 0.0239. The van der Waals surface area contributed by atoms with Crippen molar-refractivity contribution >= 4 is 33.4 Å². The molecule has 1 fully saturated rings. The third kappa shape index (κ3) is 3.05. The maximum absolute atomic E-state index is 12.4. The van der Waals surface area contributed by atoms with Crippen molar-refractivity contribution in [3.05, 3.63) is 33.3 Å². The lowest BCUT2D eigenvalue weighted by Gasteiger charge is -2.32. The summed E-state index contributed by atoms with van der Waals surface area (Å²) in [5.41, 5.74) is 0.578. The standard InChI is InChI=1S/C13H16BrClN2O/c1-16-10-4-6-17(7-5-10)13(18)11-8-9(14)2-3-12(11)15/h2-3,8,10,16H,4-7H2,1H3. The molecule has 1 heterocycles. The number of carbonyl (C=O) groups is 1. The number of benzene rings is 1. The molecule has 1 aromatic carbocycles. The molecule has 98 valence electrons. The van der Waals surface area contributed by atoms with E-state index in [2.05, 4.69) is 21.2 Å². The Bertz CT molecular complexity index is 445. The van der Waals surface area contributed by atoms with Gasteiger partial charge in [-0.15, -0.1) is 0 Å². The van der Waals surface area contributed by atoms with E-state index in [1.54, 1.807) is 12.1 Å². The van der Waals surface area contributed by atoms with Gasteiger partial charge >= 0.3 is 0 Å². The van der Waals surface area contributed by atoms with Crippen molar-refractivity contribution in [1.29, 1.82) is 0 Å². The highest BCUT2D eigenvalue weighted by Crippen LogP contribution is 2.23. The molecule has 1 amide bonds. The molecule has 1 saturated heterocycles. The van der Waals surface area contributed by atoms with Crippen LogP contribution >= 0.6 is 27.5 Å². The number of likely N-dealkylation sites (tertiary alicyclic amines) is 1. The molecular formula is C13H16BrClN2O.